The number of nitro groups is 1. The minimum absolute atomic E-state index is 0.0129. The molecule has 1 aromatic heterocycles. The first kappa shape index (κ1) is 19.0. The molecule has 28 heavy (non-hydrogen) atoms. The van der Waals surface area contributed by atoms with E-state index in [2.05, 4.69) is 10.3 Å². The minimum atomic E-state index is -0.469. The summed E-state index contributed by atoms with van der Waals surface area (Å²) >= 11 is 0. The van der Waals surface area contributed by atoms with Crippen molar-refractivity contribution in [2.75, 3.05) is 19.0 Å². The van der Waals surface area contributed by atoms with Crippen LogP contribution in [0.2, 0.25) is 0 Å². The summed E-state index contributed by atoms with van der Waals surface area (Å²) in [4.78, 5) is 24.8. The van der Waals surface area contributed by atoms with E-state index in [4.69, 9.17) is 0 Å². The molecule has 0 aliphatic rings. The lowest BCUT2D eigenvalue weighted by Gasteiger charge is -2.11. The van der Waals surface area contributed by atoms with Crippen LogP contribution in [0.3, 0.4) is 0 Å². The second kappa shape index (κ2) is 7.83. The van der Waals surface area contributed by atoms with Gasteiger partial charge in [-0.15, -0.1) is 5.10 Å². The molecule has 1 heterocycles. The Morgan fingerprint density at radius 3 is 2.32 bits per heavy atom. The van der Waals surface area contributed by atoms with E-state index in [-0.39, 0.29) is 17.2 Å². The lowest BCUT2D eigenvalue weighted by Crippen LogP contribution is -2.07. The predicted molar refractivity (Wildman–Crippen MR) is 107 cm³/mol. The molecular weight excluding hydrogens is 358 g/mol. The van der Waals surface area contributed by atoms with Crippen molar-refractivity contribution in [2.45, 2.75) is 6.92 Å². The number of non-ortho nitro benzene ring substituents is 1. The minimum Gasteiger partial charge on any atom is -0.378 e. The van der Waals surface area contributed by atoms with Crippen molar-refractivity contribution in [3.05, 3.63) is 81.7 Å². The molecule has 0 radical (unpaired) electrons. The van der Waals surface area contributed by atoms with Crippen molar-refractivity contribution in [2.24, 2.45) is 0 Å². The molecule has 8 nitrogen and oxygen atoms in total. The number of hydrogen-bond donors (Lipinski definition) is 0. The van der Waals surface area contributed by atoms with Gasteiger partial charge in [-0.3, -0.25) is 14.9 Å². The predicted octanol–water partition coefficient (Wildman–Crippen LogP) is 3.45. The molecule has 0 N–H and O–H groups in total. The molecule has 0 saturated heterocycles. The number of benzene rings is 2. The molecule has 142 valence electrons. The monoisotopic (exact) mass is 377 g/mol. The first-order valence-electron chi connectivity index (χ1n) is 8.54. The third-order valence-electron chi connectivity index (χ3n) is 4.27. The number of nitrogens with zero attached hydrogens (tertiary/aromatic N) is 5. The number of rotatable bonds is 6. The SMILES string of the molecule is Cc1c(C(=O)/C=C/c2ccc(N(C)C)cc2)nnn1-c1ccc([N+](=O)[O-])cc1. The summed E-state index contributed by atoms with van der Waals surface area (Å²) in [5.41, 5.74) is 3.36. The van der Waals surface area contributed by atoms with Crippen molar-refractivity contribution in [1.29, 1.82) is 0 Å². The molecule has 0 bridgehead atoms. The van der Waals surface area contributed by atoms with Gasteiger partial charge in [0, 0.05) is 31.9 Å². The van der Waals surface area contributed by atoms with E-state index in [0.717, 1.165) is 11.3 Å². The molecule has 0 aliphatic heterocycles. The first-order chi connectivity index (χ1) is 13.4. The lowest BCUT2D eigenvalue weighted by atomic mass is 10.1. The largest absolute Gasteiger partial charge is 0.378 e. The molecule has 8 heteroatoms. The molecule has 3 rings (SSSR count). The fourth-order valence-electron chi connectivity index (χ4n) is 2.65. The molecule has 0 unspecified atom stereocenters. The van der Waals surface area contributed by atoms with Gasteiger partial charge >= 0.3 is 0 Å². The summed E-state index contributed by atoms with van der Waals surface area (Å²) in [6.45, 7) is 1.73. The quantitative estimate of drug-likeness (QED) is 0.283. The normalized spacial score (nSPS) is 11.0. The third-order valence-corrected chi connectivity index (χ3v) is 4.27. The number of hydrogen-bond acceptors (Lipinski definition) is 6. The average Bonchev–Trinajstić information content (AvgIpc) is 3.08. The van der Waals surface area contributed by atoms with Crippen LogP contribution in [0, 0.1) is 17.0 Å². The smallest absolute Gasteiger partial charge is 0.269 e. The summed E-state index contributed by atoms with van der Waals surface area (Å²) in [6.07, 6.45) is 3.19. The Morgan fingerprint density at radius 1 is 1.11 bits per heavy atom. The molecule has 0 spiro atoms. The van der Waals surface area contributed by atoms with Crippen LogP contribution in [0.25, 0.3) is 11.8 Å². The molecule has 2 aromatic carbocycles. The lowest BCUT2D eigenvalue weighted by molar-refractivity contribution is -0.384. The number of anilines is 1. The second-order valence-electron chi connectivity index (χ2n) is 6.39. The van der Waals surface area contributed by atoms with Crippen LogP contribution in [-0.2, 0) is 0 Å². The van der Waals surface area contributed by atoms with Crippen molar-refractivity contribution in [3.63, 3.8) is 0 Å². The highest BCUT2D eigenvalue weighted by atomic mass is 16.6. The second-order valence-corrected chi connectivity index (χ2v) is 6.39. The van der Waals surface area contributed by atoms with Gasteiger partial charge in [-0.25, -0.2) is 4.68 Å². The number of nitro benzene ring substituents is 1. The van der Waals surface area contributed by atoms with Crippen molar-refractivity contribution in [3.8, 4) is 5.69 Å². The first-order valence-corrected chi connectivity index (χ1v) is 8.54. The number of carbonyl (C=O) groups excluding carboxylic acids is 1. The Kier molecular flexibility index (Phi) is 5.30. The van der Waals surface area contributed by atoms with E-state index >= 15 is 0 Å². The van der Waals surface area contributed by atoms with Crippen LogP contribution in [-0.4, -0.2) is 39.8 Å². The van der Waals surface area contributed by atoms with Crippen LogP contribution in [0.15, 0.2) is 54.6 Å². The molecule has 0 fully saturated rings. The standard InChI is InChI=1S/C20H19N5O3/c1-14-20(19(26)13-6-15-4-7-16(8-5-15)23(2)3)21-22-24(14)17-9-11-18(12-10-17)25(27)28/h4-13H,1-3H3/b13-6+. The highest BCUT2D eigenvalue weighted by Gasteiger charge is 2.16. The third kappa shape index (κ3) is 3.96. The van der Waals surface area contributed by atoms with Crippen LogP contribution < -0.4 is 4.90 Å². The van der Waals surface area contributed by atoms with Gasteiger partial charge < -0.3 is 4.90 Å². The zero-order chi connectivity index (χ0) is 20.3. The maximum atomic E-state index is 12.5. The van der Waals surface area contributed by atoms with Gasteiger partial charge in [0.1, 0.15) is 0 Å². The fraction of sp³-hybridized carbons (Fsp3) is 0.150. The Balaban J connectivity index is 1.78. The topological polar surface area (TPSA) is 94.2 Å². The number of allylic oxidation sites excluding steroid dienone is 1. The summed E-state index contributed by atoms with van der Waals surface area (Å²) in [5, 5.41) is 18.7. The van der Waals surface area contributed by atoms with E-state index in [1.807, 2.05) is 43.3 Å². The maximum absolute atomic E-state index is 12.5. The summed E-state index contributed by atoms with van der Waals surface area (Å²) in [6, 6.07) is 13.7. The number of carbonyl (C=O) groups is 1. The summed E-state index contributed by atoms with van der Waals surface area (Å²) in [5.74, 6) is -0.262. The Morgan fingerprint density at radius 2 is 1.75 bits per heavy atom. The molecular formula is C20H19N5O3. The number of ketones is 1. The van der Waals surface area contributed by atoms with Crippen molar-refractivity contribution < 1.29 is 9.72 Å². The van der Waals surface area contributed by atoms with Gasteiger partial charge in [0.2, 0.25) is 5.78 Å². The van der Waals surface area contributed by atoms with E-state index in [9.17, 15) is 14.9 Å². The fourth-order valence-corrected chi connectivity index (χ4v) is 2.65. The van der Waals surface area contributed by atoms with Gasteiger partial charge in [0.25, 0.3) is 5.69 Å². The van der Waals surface area contributed by atoms with E-state index in [1.165, 1.54) is 22.9 Å². The van der Waals surface area contributed by atoms with Crippen LogP contribution in [0.1, 0.15) is 21.7 Å². The van der Waals surface area contributed by atoms with Crippen molar-refractivity contribution in [1.82, 2.24) is 15.0 Å². The van der Waals surface area contributed by atoms with Crippen LogP contribution >= 0.6 is 0 Å². The maximum Gasteiger partial charge on any atom is 0.269 e. The van der Waals surface area contributed by atoms with E-state index in [0.29, 0.717) is 11.4 Å². The van der Waals surface area contributed by atoms with Gasteiger partial charge in [-0.1, -0.05) is 23.4 Å². The molecule has 0 amide bonds. The van der Waals surface area contributed by atoms with Crippen molar-refractivity contribution >= 4 is 23.2 Å². The Bertz CT molecular complexity index is 1030. The molecule has 0 aliphatic carbocycles. The zero-order valence-electron chi connectivity index (χ0n) is 15.7. The van der Waals surface area contributed by atoms with Gasteiger partial charge in [-0.05, 0) is 42.8 Å². The summed E-state index contributed by atoms with van der Waals surface area (Å²) in [7, 11) is 3.93. The summed E-state index contributed by atoms with van der Waals surface area (Å²) < 4.78 is 1.48. The highest BCUT2D eigenvalue weighted by Crippen LogP contribution is 2.18. The van der Waals surface area contributed by atoms with Gasteiger partial charge in [0.05, 0.1) is 16.3 Å². The number of aromatic nitrogens is 3. The molecule has 3 aromatic rings. The Labute approximate surface area is 161 Å². The Hall–Kier alpha value is -3.81. The van der Waals surface area contributed by atoms with Gasteiger partial charge in [0.15, 0.2) is 5.69 Å². The average molecular weight is 377 g/mol. The van der Waals surface area contributed by atoms with Crippen LogP contribution in [0.5, 0.6) is 0 Å². The molecule has 0 atom stereocenters. The van der Waals surface area contributed by atoms with E-state index in [1.54, 1.807) is 25.1 Å². The van der Waals surface area contributed by atoms with E-state index < -0.39 is 4.92 Å². The molecule has 0 saturated carbocycles. The zero-order valence-corrected chi connectivity index (χ0v) is 15.7. The van der Waals surface area contributed by atoms with Gasteiger partial charge in [-0.2, -0.15) is 0 Å². The highest BCUT2D eigenvalue weighted by molar-refractivity contribution is 6.06. The van der Waals surface area contributed by atoms with Crippen LogP contribution in [0.4, 0.5) is 11.4 Å².